The third-order valence-corrected chi connectivity index (χ3v) is 5.54. The Labute approximate surface area is 136 Å². The van der Waals surface area contributed by atoms with Gasteiger partial charge in [0.15, 0.2) is 0 Å². The first-order chi connectivity index (χ1) is 11.2. The van der Waals surface area contributed by atoms with Crippen molar-refractivity contribution in [3.63, 3.8) is 0 Å². The molecule has 23 heavy (non-hydrogen) atoms. The van der Waals surface area contributed by atoms with E-state index in [4.69, 9.17) is 0 Å². The average molecular weight is 307 g/mol. The Morgan fingerprint density at radius 2 is 1.70 bits per heavy atom. The number of aromatic nitrogens is 1. The normalized spacial score (nSPS) is 17.5. The maximum absolute atomic E-state index is 13.4. The Hall–Kier alpha value is -2.09. The van der Waals surface area contributed by atoms with Gasteiger partial charge in [-0.25, -0.2) is 4.39 Å². The minimum atomic E-state index is -0.158. The first kappa shape index (κ1) is 14.5. The van der Waals surface area contributed by atoms with Gasteiger partial charge in [-0.05, 0) is 48.6 Å². The van der Waals surface area contributed by atoms with E-state index in [1.807, 2.05) is 12.1 Å². The number of hydrogen-bond donors (Lipinski definition) is 1. The molecule has 1 heterocycles. The van der Waals surface area contributed by atoms with Gasteiger partial charge < -0.3 is 4.98 Å². The van der Waals surface area contributed by atoms with Crippen LogP contribution < -0.4 is 0 Å². The van der Waals surface area contributed by atoms with Crippen LogP contribution in [0.15, 0.2) is 48.7 Å². The second-order valence-corrected chi connectivity index (χ2v) is 6.85. The molecule has 0 bridgehead atoms. The van der Waals surface area contributed by atoms with Gasteiger partial charge in [-0.2, -0.15) is 0 Å². The topological polar surface area (TPSA) is 15.8 Å². The minimum Gasteiger partial charge on any atom is -0.361 e. The molecule has 1 N–H and O–H groups in total. The van der Waals surface area contributed by atoms with Crippen molar-refractivity contribution in [1.29, 1.82) is 0 Å². The summed E-state index contributed by atoms with van der Waals surface area (Å²) in [5.41, 5.74) is 5.15. The number of H-pyrrole nitrogens is 1. The van der Waals surface area contributed by atoms with Crippen LogP contribution in [0, 0.1) is 12.7 Å². The van der Waals surface area contributed by atoms with Crippen LogP contribution in [0.4, 0.5) is 4.39 Å². The van der Waals surface area contributed by atoms with Gasteiger partial charge in [0, 0.05) is 22.5 Å². The van der Waals surface area contributed by atoms with E-state index < -0.39 is 0 Å². The quantitative estimate of drug-likeness (QED) is 0.610. The van der Waals surface area contributed by atoms with Gasteiger partial charge in [0.25, 0.3) is 0 Å². The van der Waals surface area contributed by atoms with Crippen LogP contribution in [0.5, 0.6) is 0 Å². The maximum Gasteiger partial charge on any atom is 0.123 e. The van der Waals surface area contributed by atoms with E-state index >= 15 is 0 Å². The minimum absolute atomic E-state index is 0.0119. The Kier molecular flexibility index (Phi) is 3.48. The smallest absolute Gasteiger partial charge is 0.123 e. The summed E-state index contributed by atoms with van der Waals surface area (Å²) in [5.74, 6) is -0.158. The van der Waals surface area contributed by atoms with Crippen LogP contribution in [0.1, 0.15) is 48.8 Å². The number of aryl methyl sites for hydroxylation is 1. The zero-order chi connectivity index (χ0) is 15.9. The molecule has 1 saturated carbocycles. The molecule has 0 unspecified atom stereocenters. The van der Waals surface area contributed by atoms with Crippen molar-refractivity contribution in [2.45, 2.75) is 44.4 Å². The Balaban J connectivity index is 1.94. The molecule has 0 atom stereocenters. The van der Waals surface area contributed by atoms with Crippen LogP contribution >= 0.6 is 0 Å². The monoisotopic (exact) mass is 307 g/mol. The van der Waals surface area contributed by atoms with Crippen LogP contribution in [0.2, 0.25) is 0 Å². The zero-order valence-electron chi connectivity index (χ0n) is 13.5. The maximum atomic E-state index is 13.4. The molecular formula is C21H22FN. The number of nitrogens with one attached hydrogen (secondary N) is 1. The van der Waals surface area contributed by atoms with Crippen LogP contribution in [-0.4, -0.2) is 4.98 Å². The fourth-order valence-corrected chi connectivity index (χ4v) is 4.34. The highest BCUT2D eigenvalue weighted by atomic mass is 19.1. The second kappa shape index (κ2) is 5.52. The van der Waals surface area contributed by atoms with Gasteiger partial charge >= 0.3 is 0 Å². The number of hydrogen-bond acceptors (Lipinski definition) is 0. The number of halogens is 1. The van der Waals surface area contributed by atoms with Gasteiger partial charge in [0.2, 0.25) is 0 Å². The number of aromatic amines is 1. The average Bonchev–Trinajstić information content (AvgIpc) is 3.02. The summed E-state index contributed by atoms with van der Waals surface area (Å²) in [6, 6.07) is 13.7. The summed E-state index contributed by atoms with van der Waals surface area (Å²) in [7, 11) is 0. The lowest BCUT2D eigenvalue weighted by molar-refractivity contribution is 0.348. The van der Waals surface area contributed by atoms with Gasteiger partial charge in [-0.1, -0.05) is 49.6 Å². The number of benzene rings is 2. The largest absolute Gasteiger partial charge is 0.361 e. The number of rotatable bonds is 2. The highest BCUT2D eigenvalue weighted by Gasteiger charge is 2.37. The van der Waals surface area contributed by atoms with E-state index in [2.05, 4.69) is 36.3 Å². The summed E-state index contributed by atoms with van der Waals surface area (Å²) in [6.07, 6.45) is 8.22. The van der Waals surface area contributed by atoms with E-state index in [-0.39, 0.29) is 11.2 Å². The molecule has 118 valence electrons. The fraction of sp³-hybridized carbons (Fsp3) is 0.333. The predicted octanol–water partition coefficient (Wildman–Crippen LogP) is 5.87. The van der Waals surface area contributed by atoms with Gasteiger partial charge in [-0.15, -0.1) is 0 Å². The number of para-hydroxylation sites is 1. The fourth-order valence-electron chi connectivity index (χ4n) is 4.34. The molecule has 1 aromatic heterocycles. The van der Waals surface area contributed by atoms with E-state index in [0.29, 0.717) is 0 Å². The molecule has 0 aliphatic heterocycles. The lowest BCUT2D eigenvalue weighted by Crippen LogP contribution is -2.30. The number of fused-ring (bicyclic) bond motifs is 1. The molecule has 2 aromatic carbocycles. The molecule has 4 rings (SSSR count). The zero-order valence-corrected chi connectivity index (χ0v) is 13.5. The van der Waals surface area contributed by atoms with Crippen molar-refractivity contribution in [3.8, 4) is 0 Å². The first-order valence-corrected chi connectivity index (χ1v) is 8.54. The van der Waals surface area contributed by atoms with Crippen molar-refractivity contribution in [2.75, 3.05) is 0 Å². The third-order valence-electron chi connectivity index (χ3n) is 5.54. The van der Waals surface area contributed by atoms with Gasteiger partial charge in [-0.3, -0.25) is 0 Å². The molecule has 1 aliphatic carbocycles. The van der Waals surface area contributed by atoms with E-state index in [1.165, 1.54) is 46.9 Å². The molecular weight excluding hydrogens is 285 g/mol. The molecule has 0 spiro atoms. The van der Waals surface area contributed by atoms with Gasteiger partial charge in [0.1, 0.15) is 5.82 Å². The molecule has 0 saturated heterocycles. The molecule has 1 fully saturated rings. The summed E-state index contributed by atoms with van der Waals surface area (Å²) < 4.78 is 13.4. The summed E-state index contributed by atoms with van der Waals surface area (Å²) in [5, 5.41) is 1.32. The van der Waals surface area contributed by atoms with Crippen LogP contribution in [0.3, 0.4) is 0 Å². The lowest BCUT2D eigenvalue weighted by atomic mass is 9.65. The summed E-state index contributed by atoms with van der Waals surface area (Å²) in [6.45, 7) is 2.15. The molecule has 0 radical (unpaired) electrons. The molecule has 2 heteroatoms. The highest BCUT2D eigenvalue weighted by molar-refractivity contribution is 5.87. The van der Waals surface area contributed by atoms with Crippen molar-refractivity contribution < 1.29 is 4.39 Å². The highest BCUT2D eigenvalue weighted by Crippen LogP contribution is 2.47. The van der Waals surface area contributed by atoms with Crippen molar-refractivity contribution in [1.82, 2.24) is 4.98 Å². The Morgan fingerprint density at radius 3 is 2.43 bits per heavy atom. The van der Waals surface area contributed by atoms with Crippen LogP contribution in [-0.2, 0) is 5.41 Å². The standard InChI is InChI=1S/C21H22FN/c1-15-6-5-7-18-19(14-23-20(15)18)21(12-3-2-4-13-21)16-8-10-17(22)11-9-16/h5-11,14,23H,2-4,12-13H2,1H3. The SMILES string of the molecule is Cc1cccc2c(C3(c4ccc(F)cc4)CCCCC3)c[nH]c12. The van der Waals surface area contributed by atoms with E-state index in [9.17, 15) is 4.39 Å². The predicted molar refractivity (Wildman–Crippen MR) is 93.3 cm³/mol. The van der Waals surface area contributed by atoms with E-state index in [0.717, 1.165) is 12.8 Å². The third kappa shape index (κ3) is 2.28. The Bertz CT molecular complexity index is 823. The molecule has 1 aliphatic rings. The van der Waals surface area contributed by atoms with Crippen molar-refractivity contribution >= 4 is 10.9 Å². The van der Waals surface area contributed by atoms with Crippen LogP contribution in [0.25, 0.3) is 10.9 Å². The Morgan fingerprint density at radius 1 is 0.957 bits per heavy atom. The first-order valence-electron chi connectivity index (χ1n) is 8.54. The van der Waals surface area contributed by atoms with Crippen molar-refractivity contribution in [2.24, 2.45) is 0 Å². The van der Waals surface area contributed by atoms with E-state index in [1.54, 1.807) is 12.1 Å². The van der Waals surface area contributed by atoms with Crippen molar-refractivity contribution in [3.05, 3.63) is 71.2 Å². The van der Waals surface area contributed by atoms with Gasteiger partial charge in [0.05, 0.1) is 0 Å². The second-order valence-electron chi connectivity index (χ2n) is 6.85. The molecule has 0 amide bonds. The summed E-state index contributed by atoms with van der Waals surface area (Å²) >= 11 is 0. The summed E-state index contributed by atoms with van der Waals surface area (Å²) in [4.78, 5) is 3.49. The molecule has 3 aromatic rings. The molecule has 1 nitrogen and oxygen atoms in total. The lowest BCUT2D eigenvalue weighted by Gasteiger charge is -2.38.